The van der Waals surface area contributed by atoms with Gasteiger partial charge in [0.05, 0.1) is 19.5 Å². The number of aliphatic carboxylic acids is 2. The van der Waals surface area contributed by atoms with Crippen molar-refractivity contribution in [2.45, 2.75) is 18.8 Å². The van der Waals surface area contributed by atoms with Gasteiger partial charge in [0.2, 0.25) is 0 Å². The average Bonchev–Trinajstić information content (AvgIpc) is 2.91. The Morgan fingerprint density at radius 2 is 1.38 bits per heavy atom. The second-order valence-electron chi connectivity index (χ2n) is 7.62. The van der Waals surface area contributed by atoms with Crippen molar-refractivity contribution >= 4 is 36.0 Å². The third-order valence-electron chi connectivity index (χ3n) is 4.60. The van der Waals surface area contributed by atoms with Crippen molar-refractivity contribution < 1.29 is 55.7 Å². The molecule has 0 unspecified atom stereocenters. The van der Waals surface area contributed by atoms with E-state index in [1.54, 1.807) is 18.5 Å². The van der Waals surface area contributed by atoms with Crippen molar-refractivity contribution in [2.24, 2.45) is 21.9 Å². The van der Waals surface area contributed by atoms with Crippen molar-refractivity contribution in [1.82, 2.24) is 0 Å². The van der Waals surface area contributed by atoms with Crippen molar-refractivity contribution in [3.8, 4) is 0 Å². The van der Waals surface area contributed by atoms with E-state index in [2.05, 4.69) is 32.0 Å². The number of alkyl halides is 6. The van der Waals surface area contributed by atoms with Gasteiger partial charge in [0.15, 0.2) is 0 Å². The number of halogens is 6. The first-order valence-corrected chi connectivity index (χ1v) is 11.3. The number of anilines is 1. The highest BCUT2D eigenvalue weighted by Gasteiger charge is 2.38. The van der Waals surface area contributed by atoms with E-state index >= 15 is 0 Å². The lowest BCUT2D eigenvalue weighted by Gasteiger charge is -2.24. The molecule has 42 heavy (non-hydrogen) atoms. The third kappa shape index (κ3) is 16.1. The van der Waals surface area contributed by atoms with Crippen molar-refractivity contribution in [3.05, 3.63) is 77.4 Å². The van der Waals surface area contributed by atoms with E-state index in [9.17, 15) is 31.1 Å². The topological polar surface area (TPSA) is 181 Å². The number of methoxy groups -OCH3 is 1. The molecule has 0 aliphatic heterocycles. The summed E-state index contributed by atoms with van der Waals surface area (Å²) >= 11 is 0. The predicted octanol–water partition coefficient (Wildman–Crippen LogP) is 3.32. The van der Waals surface area contributed by atoms with Crippen LogP contribution in [0, 0.1) is 0 Å². The Balaban J connectivity index is 0.000000990. The van der Waals surface area contributed by atoms with Crippen LogP contribution < -0.4 is 16.6 Å². The van der Waals surface area contributed by atoms with Gasteiger partial charge >= 0.3 is 30.3 Å². The number of rotatable bonds is 9. The van der Waals surface area contributed by atoms with Gasteiger partial charge in [-0.2, -0.15) is 36.5 Å². The van der Waals surface area contributed by atoms with Crippen LogP contribution in [0.4, 0.5) is 32.0 Å². The fraction of sp³-hybridized carbons (Fsp3) is 0.240. The SMILES string of the molecule is COC(=O)C=CCN(CCc1ccc(C=NN)cc1)c1cccc(C=NN)c1.O=C(O)C(F)(F)F.O=C(O)C(F)(F)F. The highest BCUT2D eigenvalue weighted by atomic mass is 19.4. The number of benzene rings is 2. The first kappa shape index (κ1) is 36.9. The molecule has 0 saturated carbocycles. The fourth-order valence-electron chi connectivity index (χ4n) is 2.68. The molecule has 17 heteroatoms. The Morgan fingerprint density at radius 1 is 0.881 bits per heavy atom. The molecule has 0 saturated heterocycles. The van der Waals surface area contributed by atoms with E-state index in [0.29, 0.717) is 6.54 Å². The quantitative estimate of drug-likeness (QED) is 0.0830. The van der Waals surface area contributed by atoms with Crippen molar-refractivity contribution in [3.63, 3.8) is 0 Å². The lowest BCUT2D eigenvalue weighted by Crippen LogP contribution is -2.26. The molecule has 0 spiro atoms. The van der Waals surface area contributed by atoms with Crippen molar-refractivity contribution in [2.75, 3.05) is 25.1 Å². The molecule has 0 fully saturated rings. The molecule has 0 bridgehead atoms. The monoisotopic (exact) mass is 607 g/mol. The van der Waals surface area contributed by atoms with Crippen LogP contribution in [0.15, 0.2) is 70.9 Å². The van der Waals surface area contributed by atoms with Gasteiger partial charge in [0, 0.05) is 24.9 Å². The fourth-order valence-corrected chi connectivity index (χ4v) is 2.68. The van der Waals surface area contributed by atoms with Gasteiger partial charge in [-0.1, -0.05) is 42.5 Å². The number of hydrogen-bond acceptors (Lipinski definition) is 9. The Kier molecular flexibility index (Phi) is 16.1. The lowest BCUT2D eigenvalue weighted by atomic mass is 10.1. The van der Waals surface area contributed by atoms with Crippen LogP contribution in [-0.4, -0.2) is 73.1 Å². The summed E-state index contributed by atoms with van der Waals surface area (Å²) in [5.74, 6) is 4.55. The van der Waals surface area contributed by atoms with Crippen LogP contribution in [0.1, 0.15) is 16.7 Å². The summed E-state index contributed by atoms with van der Waals surface area (Å²) < 4.78 is 68.1. The van der Waals surface area contributed by atoms with E-state index < -0.39 is 24.3 Å². The number of ether oxygens (including phenoxy) is 1. The van der Waals surface area contributed by atoms with E-state index in [1.807, 2.05) is 36.4 Å². The standard InChI is InChI=1S/C21H25N5O2.2C2HF3O2/c1-28-21(27)6-3-12-26(20-5-2-4-19(14-20)16-25-23)13-11-17-7-9-18(10-8-17)15-24-22;2*3-2(4,5)1(6)7/h2-10,14-16H,11-13,22-23H2,1H3;2*(H,6,7). The molecule has 0 aliphatic rings. The number of nitrogens with two attached hydrogens (primary N) is 2. The molecular weight excluding hydrogens is 580 g/mol. The zero-order valence-electron chi connectivity index (χ0n) is 21.8. The van der Waals surface area contributed by atoms with Crippen molar-refractivity contribution in [1.29, 1.82) is 0 Å². The summed E-state index contributed by atoms with van der Waals surface area (Å²) in [5, 5.41) is 21.4. The molecule has 0 heterocycles. The second-order valence-corrected chi connectivity index (χ2v) is 7.62. The second kappa shape index (κ2) is 18.3. The predicted molar refractivity (Wildman–Crippen MR) is 141 cm³/mol. The first-order valence-electron chi connectivity index (χ1n) is 11.3. The first-order chi connectivity index (χ1) is 19.5. The van der Waals surface area contributed by atoms with E-state index in [1.165, 1.54) is 18.7 Å². The Morgan fingerprint density at radius 3 is 1.83 bits per heavy atom. The van der Waals surface area contributed by atoms with E-state index in [-0.39, 0.29) is 5.97 Å². The Labute approximate surface area is 235 Å². The van der Waals surface area contributed by atoms with Gasteiger partial charge in [-0.15, -0.1) is 0 Å². The summed E-state index contributed by atoms with van der Waals surface area (Å²) in [6, 6.07) is 16.0. The maximum atomic E-state index is 11.4. The third-order valence-corrected chi connectivity index (χ3v) is 4.60. The number of carbonyl (C=O) groups is 3. The molecule has 2 aromatic carbocycles. The molecular formula is C25H27F6N5O6. The molecule has 0 aromatic heterocycles. The summed E-state index contributed by atoms with van der Waals surface area (Å²) in [6.45, 7) is 1.33. The zero-order chi connectivity index (χ0) is 32.3. The van der Waals surface area contributed by atoms with Gasteiger partial charge in [-0.25, -0.2) is 14.4 Å². The number of hydrazone groups is 2. The molecule has 0 radical (unpaired) electrons. The normalized spacial score (nSPS) is 11.4. The van der Waals surface area contributed by atoms with Gasteiger partial charge in [-0.3, -0.25) is 0 Å². The van der Waals surface area contributed by atoms with Crippen LogP contribution in [0.3, 0.4) is 0 Å². The zero-order valence-corrected chi connectivity index (χ0v) is 21.8. The summed E-state index contributed by atoms with van der Waals surface area (Å²) in [7, 11) is 1.36. The minimum Gasteiger partial charge on any atom is -0.475 e. The van der Waals surface area contributed by atoms with Gasteiger partial charge in [0.1, 0.15) is 0 Å². The Hall–Kier alpha value is -5.09. The smallest absolute Gasteiger partial charge is 0.475 e. The minimum absolute atomic E-state index is 0.374. The molecule has 0 aliphatic carbocycles. The molecule has 0 amide bonds. The number of carboxylic acids is 2. The van der Waals surface area contributed by atoms with Crippen LogP contribution in [0.5, 0.6) is 0 Å². The summed E-state index contributed by atoms with van der Waals surface area (Å²) in [6.07, 6.45) is -2.90. The highest BCUT2D eigenvalue weighted by molar-refractivity contribution is 5.82. The van der Waals surface area contributed by atoms with Crippen LogP contribution in [0.2, 0.25) is 0 Å². The number of carboxylic acid groups (broad SMARTS) is 2. The van der Waals surface area contributed by atoms with Crippen LogP contribution >= 0.6 is 0 Å². The number of nitrogens with zero attached hydrogens (tertiary/aromatic N) is 3. The summed E-state index contributed by atoms with van der Waals surface area (Å²) in [4.78, 5) is 31.3. The molecule has 2 aromatic rings. The van der Waals surface area contributed by atoms with E-state index in [4.69, 9.17) is 31.5 Å². The summed E-state index contributed by atoms with van der Waals surface area (Å²) in [5.41, 5.74) is 4.07. The molecule has 230 valence electrons. The molecule has 11 nitrogen and oxygen atoms in total. The minimum atomic E-state index is -5.08. The number of hydrogen-bond donors (Lipinski definition) is 4. The maximum Gasteiger partial charge on any atom is 0.490 e. The van der Waals surface area contributed by atoms with Gasteiger partial charge in [0.25, 0.3) is 0 Å². The highest BCUT2D eigenvalue weighted by Crippen LogP contribution is 2.17. The van der Waals surface area contributed by atoms with Crippen LogP contribution in [-0.2, 0) is 25.5 Å². The number of carbonyl (C=O) groups excluding carboxylic acids is 1. The molecule has 2 rings (SSSR count). The maximum absolute atomic E-state index is 11.4. The largest absolute Gasteiger partial charge is 0.490 e. The lowest BCUT2D eigenvalue weighted by molar-refractivity contribution is -0.193. The average molecular weight is 608 g/mol. The van der Waals surface area contributed by atoms with Crippen LogP contribution in [0.25, 0.3) is 0 Å². The number of esters is 1. The molecule has 0 atom stereocenters. The molecule has 6 N–H and O–H groups in total. The Bertz CT molecular complexity index is 1210. The van der Waals surface area contributed by atoms with E-state index in [0.717, 1.165) is 29.8 Å². The van der Waals surface area contributed by atoms with Gasteiger partial charge in [-0.05, 0) is 35.2 Å². The van der Waals surface area contributed by atoms with Gasteiger partial charge < -0.3 is 31.5 Å².